The summed E-state index contributed by atoms with van der Waals surface area (Å²) in [4.78, 5) is 4.41. The summed E-state index contributed by atoms with van der Waals surface area (Å²) >= 11 is 12.0. The summed E-state index contributed by atoms with van der Waals surface area (Å²) in [7, 11) is 0. The zero-order valence-electron chi connectivity index (χ0n) is 9.09. The lowest BCUT2D eigenvalue weighted by Crippen LogP contribution is -1.90. The Bertz CT molecular complexity index is 486. The van der Waals surface area contributed by atoms with Crippen LogP contribution in [0.1, 0.15) is 11.1 Å². The minimum atomic E-state index is 0.631. The van der Waals surface area contributed by atoms with Crippen molar-refractivity contribution in [3.8, 4) is 11.3 Å². The van der Waals surface area contributed by atoms with Crippen LogP contribution in [0.5, 0.6) is 0 Å². The molecule has 0 spiro atoms. The Morgan fingerprint density at radius 2 is 1.81 bits per heavy atom. The van der Waals surface area contributed by atoms with Crippen molar-refractivity contribution >= 4 is 23.2 Å². The number of halogens is 2. The standard InChI is InChI=1S/C13H11Cl2N/c1-8-5-9(2)13(16-7-8)11-4-3-10(14)6-12(11)15/h3-7H,1-2H3. The van der Waals surface area contributed by atoms with Gasteiger partial charge in [-0.05, 0) is 43.2 Å². The lowest BCUT2D eigenvalue weighted by molar-refractivity contribution is 1.22. The Labute approximate surface area is 105 Å². The quantitative estimate of drug-likeness (QED) is 0.718. The van der Waals surface area contributed by atoms with Gasteiger partial charge in [-0.25, -0.2) is 0 Å². The molecule has 0 unspecified atom stereocenters. The SMILES string of the molecule is Cc1cnc(-c2ccc(Cl)cc2Cl)c(C)c1. The first kappa shape index (κ1) is 11.4. The molecular weight excluding hydrogens is 241 g/mol. The fourth-order valence-corrected chi connectivity index (χ4v) is 2.18. The summed E-state index contributed by atoms with van der Waals surface area (Å²) in [6, 6.07) is 7.55. The fourth-order valence-electron chi connectivity index (χ4n) is 1.68. The molecule has 0 N–H and O–H groups in total. The number of hydrogen-bond acceptors (Lipinski definition) is 1. The van der Waals surface area contributed by atoms with Gasteiger partial charge >= 0.3 is 0 Å². The molecule has 2 aromatic rings. The highest BCUT2D eigenvalue weighted by Gasteiger charge is 2.08. The van der Waals surface area contributed by atoms with Gasteiger partial charge in [-0.1, -0.05) is 29.3 Å². The van der Waals surface area contributed by atoms with Gasteiger partial charge in [0.15, 0.2) is 0 Å². The number of pyridine rings is 1. The average molecular weight is 252 g/mol. The molecule has 2 rings (SSSR count). The molecule has 0 amide bonds. The van der Waals surface area contributed by atoms with Crippen molar-refractivity contribution in [1.29, 1.82) is 0 Å². The monoisotopic (exact) mass is 251 g/mol. The summed E-state index contributed by atoms with van der Waals surface area (Å²) in [6.45, 7) is 4.05. The second-order valence-electron chi connectivity index (χ2n) is 3.80. The summed E-state index contributed by atoms with van der Waals surface area (Å²) in [5.74, 6) is 0. The van der Waals surface area contributed by atoms with Crippen LogP contribution < -0.4 is 0 Å². The maximum atomic E-state index is 6.15. The molecule has 1 heterocycles. The maximum absolute atomic E-state index is 6.15. The largest absolute Gasteiger partial charge is 0.256 e. The zero-order chi connectivity index (χ0) is 11.7. The van der Waals surface area contributed by atoms with Gasteiger partial charge in [0, 0.05) is 16.8 Å². The van der Waals surface area contributed by atoms with E-state index in [4.69, 9.17) is 23.2 Å². The van der Waals surface area contributed by atoms with Gasteiger partial charge in [-0.15, -0.1) is 0 Å². The molecule has 0 saturated heterocycles. The molecule has 1 aromatic carbocycles. The van der Waals surface area contributed by atoms with Crippen LogP contribution in [0.4, 0.5) is 0 Å². The summed E-state index contributed by atoms with van der Waals surface area (Å²) in [5.41, 5.74) is 4.09. The zero-order valence-corrected chi connectivity index (χ0v) is 10.6. The lowest BCUT2D eigenvalue weighted by Gasteiger charge is -2.08. The molecule has 16 heavy (non-hydrogen) atoms. The van der Waals surface area contributed by atoms with E-state index in [2.05, 4.69) is 11.1 Å². The van der Waals surface area contributed by atoms with Crippen molar-refractivity contribution in [2.45, 2.75) is 13.8 Å². The number of nitrogens with zero attached hydrogens (tertiary/aromatic N) is 1. The van der Waals surface area contributed by atoms with Gasteiger partial charge in [0.2, 0.25) is 0 Å². The number of rotatable bonds is 1. The van der Waals surface area contributed by atoms with Crippen molar-refractivity contribution in [1.82, 2.24) is 4.98 Å². The molecule has 1 aromatic heterocycles. The number of hydrogen-bond donors (Lipinski definition) is 0. The van der Waals surface area contributed by atoms with Crippen LogP contribution in [0, 0.1) is 13.8 Å². The van der Waals surface area contributed by atoms with Crippen LogP contribution in [0.3, 0.4) is 0 Å². The van der Waals surface area contributed by atoms with Gasteiger partial charge in [0.25, 0.3) is 0 Å². The predicted molar refractivity (Wildman–Crippen MR) is 69.2 cm³/mol. The molecule has 0 fully saturated rings. The molecule has 0 aliphatic carbocycles. The van der Waals surface area contributed by atoms with Crippen molar-refractivity contribution in [2.75, 3.05) is 0 Å². The normalized spacial score (nSPS) is 10.5. The Hall–Kier alpha value is -1.05. The van der Waals surface area contributed by atoms with Crippen molar-refractivity contribution in [3.05, 3.63) is 51.6 Å². The number of aromatic nitrogens is 1. The third-order valence-corrected chi connectivity index (χ3v) is 2.95. The second kappa shape index (κ2) is 4.44. The van der Waals surface area contributed by atoms with E-state index >= 15 is 0 Å². The molecule has 82 valence electrons. The highest BCUT2D eigenvalue weighted by Crippen LogP contribution is 2.30. The van der Waals surface area contributed by atoms with E-state index in [0.29, 0.717) is 10.0 Å². The van der Waals surface area contributed by atoms with Gasteiger partial charge in [0.1, 0.15) is 0 Å². The molecule has 0 aliphatic rings. The highest BCUT2D eigenvalue weighted by atomic mass is 35.5. The molecule has 0 atom stereocenters. The van der Waals surface area contributed by atoms with Gasteiger partial charge in [0.05, 0.1) is 10.7 Å². The van der Waals surface area contributed by atoms with Crippen LogP contribution in [0.25, 0.3) is 11.3 Å². The van der Waals surface area contributed by atoms with Crippen LogP contribution in [0.2, 0.25) is 10.0 Å². The van der Waals surface area contributed by atoms with E-state index in [0.717, 1.165) is 22.4 Å². The second-order valence-corrected chi connectivity index (χ2v) is 4.65. The lowest BCUT2D eigenvalue weighted by atomic mass is 10.1. The summed E-state index contributed by atoms with van der Waals surface area (Å²) in [5, 5.41) is 1.27. The van der Waals surface area contributed by atoms with Gasteiger partial charge in [-0.2, -0.15) is 0 Å². The first-order valence-corrected chi connectivity index (χ1v) is 5.72. The highest BCUT2D eigenvalue weighted by molar-refractivity contribution is 6.36. The molecule has 1 nitrogen and oxygen atoms in total. The summed E-state index contributed by atoms with van der Waals surface area (Å²) < 4.78 is 0. The summed E-state index contributed by atoms with van der Waals surface area (Å²) in [6.07, 6.45) is 1.84. The van der Waals surface area contributed by atoms with Crippen molar-refractivity contribution in [3.63, 3.8) is 0 Å². The first-order chi connectivity index (χ1) is 7.58. The molecule has 0 saturated carbocycles. The molecule has 0 aliphatic heterocycles. The Morgan fingerprint density at radius 1 is 1.06 bits per heavy atom. The predicted octanol–water partition coefficient (Wildman–Crippen LogP) is 4.67. The van der Waals surface area contributed by atoms with Crippen LogP contribution >= 0.6 is 23.2 Å². The van der Waals surface area contributed by atoms with Gasteiger partial charge in [-0.3, -0.25) is 4.98 Å². The van der Waals surface area contributed by atoms with Crippen LogP contribution in [0.15, 0.2) is 30.5 Å². The molecule has 0 bridgehead atoms. The topological polar surface area (TPSA) is 12.9 Å². The van der Waals surface area contributed by atoms with E-state index < -0.39 is 0 Å². The van der Waals surface area contributed by atoms with Crippen LogP contribution in [-0.2, 0) is 0 Å². The average Bonchev–Trinajstić information content (AvgIpc) is 2.19. The van der Waals surface area contributed by atoms with E-state index in [9.17, 15) is 0 Å². The maximum Gasteiger partial charge on any atom is 0.0746 e. The Morgan fingerprint density at radius 3 is 2.44 bits per heavy atom. The molecule has 0 radical (unpaired) electrons. The minimum Gasteiger partial charge on any atom is -0.256 e. The third-order valence-electron chi connectivity index (χ3n) is 2.40. The van der Waals surface area contributed by atoms with E-state index in [1.807, 2.05) is 32.2 Å². The molecular formula is C13H11Cl2N. The van der Waals surface area contributed by atoms with E-state index in [1.54, 1.807) is 6.07 Å². The Kier molecular flexibility index (Phi) is 3.17. The van der Waals surface area contributed by atoms with Crippen LogP contribution in [-0.4, -0.2) is 4.98 Å². The third kappa shape index (κ3) is 2.21. The van der Waals surface area contributed by atoms with Gasteiger partial charge < -0.3 is 0 Å². The van der Waals surface area contributed by atoms with E-state index in [1.165, 1.54) is 0 Å². The number of benzene rings is 1. The number of aryl methyl sites for hydroxylation is 2. The minimum absolute atomic E-state index is 0.631. The molecule has 3 heteroatoms. The van der Waals surface area contributed by atoms with E-state index in [-0.39, 0.29) is 0 Å². The first-order valence-electron chi connectivity index (χ1n) is 4.96. The van der Waals surface area contributed by atoms with Crippen molar-refractivity contribution < 1.29 is 0 Å². The Balaban J connectivity index is 2.59. The smallest absolute Gasteiger partial charge is 0.0746 e. The van der Waals surface area contributed by atoms with Crippen molar-refractivity contribution in [2.24, 2.45) is 0 Å². The fraction of sp³-hybridized carbons (Fsp3) is 0.154.